The summed E-state index contributed by atoms with van der Waals surface area (Å²) < 4.78 is 0. The van der Waals surface area contributed by atoms with E-state index in [-0.39, 0.29) is 42.0 Å². The summed E-state index contributed by atoms with van der Waals surface area (Å²) in [5.41, 5.74) is 1.83. The maximum absolute atomic E-state index is 12.6. The molecule has 9 heteroatoms. The molecule has 0 aromatic heterocycles. The van der Waals surface area contributed by atoms with Crippen molar-refractivity contribution in [1.29, 1.82) is 0 Å². The Morgan fingerprint density at radius 2 is 1.79 bits per heavy atom. The van der Waals surface area contributed by atoms with Gasteiger partial charge in [-0.2, -0.15) is 0 Å². The average Bonchev–Trinajstić information content (AvgIpc) is 3.48. The van der Waals surface area contributed by atoms with Gasteiger partial charge in [0, 0.05) is 35.3 Å². The van der Waals surface area contributed by atoms with Gasteiger partial charge < -0.3 is 10.6 Å². The smallest absolute Gasteiger partial charge is 0.293 e. The Morgan fingerprint density at radius 1 is 1.12 bits per heavy atom. The standard InChI is InChI=1S/C24H22ClN3O4S/c1-14-12-19(14)22(30)27-18-8-4-16(5-9-18)21(29)26-10-11-28-23(31)20(33-24(28)32)13-15-2-6-17(25)7-3-15/h2-9,13-14,19H,10-12H2,1H3,(H,26,29)(H,27,30)/b20-13-. The first-order chi connectivity index (χ1) is 15.8. The van der Waals surface area contributed by atoms with Crippen LogP contribution in [-0.2, 0) is 9.59 Å². The first kappa shape index (κ1) is 23.1. The van der Waals surface area contributed by atoms with E-state index in [1.807, 2.05) is 6.92 Å². The highest BCUT2D eigenvalue weighted by atomic mass is 35.5. The lowest BCUT2D eigenvalue weighted by Gasteiger charge is -2.13. The molecule has 2 aromatic carbocycles. The van der Waals surface area contributed by atoms with E-state index >= 15 is 0 Å². The number of halogens is 1. The fraction of sp³-hybridized carbons (Fsp3) is 0.250. The fourth-order valence-electron chi connectivity index (χ4n) is 3.41. The second-order valence-corrected chi connectivity index (χ2v) is 9.46. The van der Waals surface area contributed by atoms with Gasteiger partial charge in [-0.05, 0) is 72.1 Å². The lowest BCUT2D eigenvalue weighted by molar-refractivity contribution is -0.122. The molecule has 2 unspecified atom stereocenters. The van der Waals surface area contributed by atoms with Gasteiger partial charge in [-0.1, -0.05) is 30.7 Å². The van der Waals surface area contributed by atoms with Crippen LogP contribution in [0, 0.1) is 11.8 Å². The molecule has 2 aromatic rings. The molecule has 4 rings (SSSR count). The Morgan fingerprint density at radius 3 is 2.42 bits per heavy atom. The number of hydrogen-bond donors (Lipinski definition) is 2. The van der Waals surface area contributed by atoms with Crippen LogP contribution in [0.1, 0.15) is 29.3 Å². The largest absolute Gasteiger partial charge is 0.350 e. The number of rotatable bonds is 7. The van der Waals surface area contributed by atoms with Crippen molar-refractivity contribution in [3.8, 4) is 0 Å². The second-order valence-electron chi connectivity index (χ2n) is 8.03. The number of thioether (sulfide) groups is 1. The first-order valence-corrected chi connectivity index (χ1v) is 11.7. The van der Waals surface area contributed by atoms with Crippen LogP contribution in [0.2, 0.25) is 5.02 Å². The molecule has 0 spiro atoms. The van der Waals surface area contributed by atoms with Crippen molar-refractivity contribution in [2.24, 2.45) is 11.8 Å². The summed E-state index contributed by atoms with van der Waals surface area (Å²) >= 11 is 6.74. The minimum Gasteiger partial charge on any atom is -0.350 e. The van der Waals surface area contributed by atoms with Gasteiger partial charge in [-0.15, -0.1) is 0 Å². The summed E-state index contributed by atoms with van der Waals surface area (Å²) in [5, 5.41) is 5.78. The topological polar surface area (TPSA) is 95.6 Å². The molecule has 0 bridgehead atoms. The van der Waals surface area contributed by atoms with Gasteiger partial charge in [0.1, 0.15) is 0 Å². The van der Waals surface area contributed by atoms with Gasteiger partial charge >= 0.3 is 0 Å². The minimum atomic E-state index is -0.390. The minimum absolute atomic E-state index is 0.00185. The number of anilines is 1. The predicted octanol–water partition coefficient (Wildman–Crippen LogP) is 4.40. The van der Waals surface area contributed by atoms with Crippen LogP contribution in [0.3, 0.4) is 0 Å². The summed E-state index contributed by atoms with van der Waals surface area (Å²) in [6.45, 7) is 2.24. The van der Waals surface area contributed by atoms with Gasteiger partial charge in [-0.25, -0.2) is 0 Å². The second kappa shape index (κ2) is 9.80. The molecule has 2 atom stereocenters. The summed E-state index contributed by atoms with van der Waals surface area (Å²) in [4.78, 5) is 50.7. The number of nitrogens with zero attached hydrogens (tertiary/aromatic N) is 1. The zero-order valence-electron chi connectivity index (χ0n) is 17.8. The van der Waals surface area contributed by atoms with Crippen LogP contribution >= 0.6 is 23.4 Å². The highest BCUT2D eigenvalue weighted by Gasteiger charge is 2.39. The number of benzene rings is 2. The van der Waals surface area contributed by atoms with Crippen molar-refractivity contribution in [1.82, 2.24) is 10.2 Å². The Bertz CT molecular complexity index is 1130. The average molecular weight is 484 g/mol. The van der Waals surface area contributed by atoms with Crippen molar-refractivity contribution in [2.75, 3.05) is 18.4 Å². The van der Waals surface area contributed by atoms with Gasteiger partial charge in [0.15, 0.2) is 0 Å². The number of carbonyl (C=O) groups is 4. The van der Waals surface area contributed by atoms with Crippen molar-refractivity contribution < 1.29 is 19.2 Å². The molecule has 170 valence electrons. The molecule has 1 heterocycles. The lowest BCUT2D eigenvalue weighted by Crippen LogP contribution is -2.37. The van der Waals surface area contributed by atoms with E-state index in [0.717, 1.165) is 28.6 Å². The molecule has 1 saturated heterocycles. The van der Waals surface area contributed by atoms with Gasteiger partial charge in [0.05, 0.1) is 4.91 Å². The van der Waals surface area contributed by atoms with Crippen LogP contribution in [-0.4, -0.2) is 41.0 Å². The third kappa shape index (κ3) is 5.64. The molecule has 4 amide bonds. The highest BCUT2D eigenvalue weighted by molar-refractivity contribution is 8.18. The van der Waals surface area contributed by atoms with E-state index in [1.54, 1.807) is 54.6 Å². The number of nitrogens with one attached hydrogen (secondary N) is 2. The first-order valence-electron chi connectivity index (χ1n) is 10.5. The Kier molecular flexibility index (Phi) is 6.85. The van der Waals surface area contributed by atoms with Crippen molar-refractivity contribution in [3.05, 3.63) is 69.6 Å². The third-order valence-electron chi connectivity index (χ3n) is 5.52. The van der Waals surface area contributed by atoms with Crippen molar-refractivity contribution in [3.63, 3.8) is 0 Å². The number of hydrogen-bond acceptors (Lipinski definition) is 5. The van der Waals surface area contributed by atoms with E-state index in [9.17, 15) is 19.2 Å². The van der Waals surface area contributed by atoms with Crippen LogP contribution in [0.5, 0.6) is 0 Å². The maximum Gasteiger partial charge on any atom is 0.293 e. The molecule has 2 aliphatic rings. The predicted molar refractivity (Wildman–Crippen MR) is 129 cm³/mol. The van der Waals surface area contributed by atoms with Crippen LogP contribution < -0.4 is 10.6 Å². The normalized spacial score (nSPS) is 20.8. The molecule has 33 heavy (non-hydrogen) atoms. The lowest BCUT2D eigenvalue weighted by atomic mass is 10.2. The fourth-order valence-corrected chi connectivity index (χ4v) is 4.40. The molecular weight excluding hydrogens is 462 g/mol. The number of imide groups is 1. The van der Waals surface area contributed by atoms with E-state index in [0.29, 0.717) is 27.1 Å². The SMILES string of the molecule is CC1CC1C(=O)Nc1ccc(C(=O)NCCN2C(=O)S/C(=C\c3ccc(Cl)cc3)C2=O)cc1. The molecule has 2 N–H and O–H groups in total. The quantitative estimate of drug-likeness (QED) is 0.569. The maximum atomic E-state index is 12.6. The summed E-state index contributed by atoms with van der Waals surface area (Å²) in [6, 6.07) is 13.5. The Labute approximate surface area is 200 Å². The number of amides is 4. The summed E-state index contributed by atoms with van der Waals surface area (Å²) in [7, 11) is 0. The van der Waals surface area contributed by atoms with Gasteiger partial charge in [0.2, 0.25) is 5.91 Å². The van der Waals surface area contributed by atoms with Gasteiger partial charge in [0.25, 0.3) is 17.1 Å². The van der Waals surface area contributed by atoms with Crippen LogP contribution in [0.15, 0.2) is 53.4 Å². The van der Waals surface area contributed by atoms with E-state index in [1.165, 1.54) is 0 Å². The summed E-state index contributed by atoms with van der Waals surface area (Å²) in [5.74, 6) is -0.218. The van der Waals surface area contributed by atoms with Gasteiger partial charge in [-0.3, -0.25) is 24.1 Å². The Balaban J connectivity index is 1.27. The molecule has 1 aliphatic heterocycles. The van der Waals surface area contributed by atoms with E-state index in [4.69, 9.17) is 11.6 Å². The zero-order chi connectivity index (χ0) is 23.5. The van der Waals surface area contributed by atoms with E-state index < -0.39 is 0 Å². The molecule has 1 aliphatic carbocycles. The molecule has 7 nitrogen and oxygen atoms in total. The van der Waals surface area contributed by atoms with Crippen LogP contribution in [0.4, 0.5) is 10.5 Å². The molecule has 1 saturated carbocycles. The van der Waals surface area contributed by atoms with Crippen LogP contribution in [0.25, 0.3) is 6.08 Å². The summed E-state index contributed by atoms with van der Waals surface area (Å²) in [6.07, 6.45) is 2.55. The highest BCUT2D eigenvalue weighted by Crippen LogP contribution is 2.38. The zero-order valence-corrected chi connectivity index (χ0v) is 19.4. The third-order valence-corrected chi connectivity index (χ3v) is 6.68. The van der Waals surface area contributed by atoms with Crippen molar-refractivity contribution in [2.45, 2.75) is 13.3 Å². The van der Waals surface area contributed by atoms with Crippen molar-refractivity contribution >= 4 is 58.1 Å². The Hall–Kier alpha value is -3.10. The monoisotopic (exact) mass is 483 g/mol. The molecular formula is C24H22ClN3O4S. The molecule has 0 radical (unpaired) electrons. The van der Waals surface area contributed by atoms with E-state index in [2.05, 4.69) is 10.6 Å². The molecule has 2 fully saturated rings. The number of carbonyl (C=O) groups excluding carboxylic acids is 4.